The fourth-order valence-electron chi connectivity index (χ4n) is 2.93. The van der Waals surface area contributed by atoms with Crippen molar-refractivity contribution in [3.8, 4) is 17.3 Å². The van der Waals surface area contributed by atoms with Crippen molar-refractivity contribution in [2.75, 3.05) is 12.4 Å². The van der Waals surface area contributed by atoms with E-state index in [0.29, 0.717) is 24.1 Å². The molecule has 0 bridgehead atoms. The topological polar surface area (TPSA) is 82.2 Å². The van der Waals surface area contributed by atoms with Crippen LogP contribution in [0.25, 0.3) is 11.6 Å². The highest BCUT2D eigenvalue weighted by molar-refractivity contribution is 9.10. The molecule has 1 N–H and O–H groups in total. The van der Waals surface area contributed by atoms with Crippen LogP contribution in [0.1, 0.15) is 15.9 Å². The summed E-state index contributed by atoms with van der Waals surface area (Å²) in [6, 6.07) is 18.8. The van der Waals surface area contributed by atoms with Gasteiger partial charge in [0.25, 0.3) is 5.91 Å². The van der Waals surface area contributed by atoms with Crippen molar-refractivity contribution in [3.63, 3.8) is 0 Å². The second-order valence-corrected chi connectivity index (χ2v) is 7.47. The number of ether oxygens (including phenoxy) is 1. The van der Waals surface area contributed by atoms with Gasteiger partial charge in [-0.15, -0.1) is 5.10 Å². The number of methoxy groups -OCH3 is 1. The summed E-state index contributed by atoms with van der Waals surface area (Å²) in [7, 11) is 1.61. The van der Waals surface area contributed by atoms with Gasteiger partial charge in [0.1, 0.15) is 5.75 Å². The summed E-state index contributed by atoms with van der Waals surface area (Å²) in [5.74, 6) is 1.74. The first-order chi connectivity index (χ1) is 14.6. The van der Waals surface area contributed by atoms with Crippen molar-refractivity contribution in [1.82, 2.24) is 14.8 Å². The zero-order valence-electron chi connectivity index (χ0n) is 16.2. The van der Waals surface area contributed by atoms with Crippen LogP contribution in [0.5, 0.6) is 5.75 Å². The Morgan fingerprint density at radius 3 is 2.67 bits per heavy atom. The van der Waals surface area contributed by atoms with E-state index in [0.717, 1.165) is 21.3 Å². The summed E-state index contributed by atoms with van der Waals surface area (Å²) in [4.78, 5) is 17.5. The number of carbonyl (C=O) groups is 1. The molecule has 0 spiro atoms. The number of nitrogens with one attached hydrogen (secondary N) is 1. The molecule has 0 aliphatic rings. The Balaban J connectivity index is 1.58. The number of benzene rings is 2. The fourth-order valence-corrected chi connectivity index (χ4v) is 3.38. The normalized spacial score (nSPS) is 10.7. The summed E-state index contributed by atoms with van der Waals surface area (Å²) in [5, 5.41) is 7.59. The summed E-state index contributed by atoms with van der Waals surface area (Å²) in [5.41, 5.74) is 1.90. The molecule has 0 radical (unpaired) electrons. The monoisotopic (exact) mass is 466 g/mol. The number of rotatable bonds is 7. The maximum atomic E-state index is 13.0. The van der Waals surface area contributed by atoms with Crippen LogP contribution in [0.3, 0.4) is 0 Å². The molecular weight excluding hydrogens is 448 g/mol. The zero-order valence-corrected chi connectivity index (χ0v) is 17.8. The van der Waals surface area contributed by atoms with Crippen LogP contribution in [0.2, 0.25) is 0 Å². The van der Waals surface area contributed by atoms with E-state index < -0.39 is 0 Å². The minimum atomic E-state index is -0.206. The summed E-state index contributed by atoms with van der Waals surface area (Å²) >= 11 is 3.47. The maximum absolute atomic E-state index is 13.0. The highest BCUT2D eigenvalue weighted by atomic mass is 79.9. The van der Waals surface area contributed by atoms with Crippen molar-refractivity contribution >= 4 is 27.8 Å². The standard InChI is InChI=1S/C22H19BrN4O3/c1-29-18-9-7-15(8-10-18)13-20(28)27-22(24-14-16-4-2-5-17(23)12-16)25-21(26-27)19-6-3-11-30-19/h2-12H,13-14H2,1H3,(H,24,25,26). The smallest absolute Gasteiger partial charge is 0.254 e. The maximum Gasteiger partial charge on any atom is 0.254 e. The molecule has 0 amide bonds. The molecule has 0 atom stereocenters. The number of anilines is 1. The number of nitrogens with zero attached hydrogens (tertiary/aromatic N) is 3. The number of hydrogen-bond acceptors (Lipinski definition) is 6. The molecule has 0 aliphatic carbocycles. The second-order valence-electron chi connectivity index (χ2n) is 6.55. The predicted molar refractivity (Wildman–Crippen MR) is 117 cm³/mol. The van der Waals surface area contributed by atoms with Gasteiger partial charge < -0.3 is 14.5 Å². The molecule has 8 heteroatoms. The molecule has 7 nitrogen and oxygen atoms in total. The largest absolute Gasteiger partial charge is 0.497 e. The van der Waals surface area contributed by atoms with E-state index in [1.165, 1.54) is 4.68 Å². The molecule has 2 heterocycles. The fraction of sp³-hybridized carbons (Fsp3) is 0.136. The Morgan fingerprint density at radius 1 is 1.13 bits per heavy atom. The molecule has 152 valence electrons. The molecule has 2 aromatic heterocycles. The Kier molecular flexibility index (Phi) is 5.94. The van der Waals surface area contributed by atoms with E-state index in [1.54, 1.807) is 25.5 Å². The molecule has 4 rings (SSSR count). The first-order valence-electron chi connectivity index (χ1n) is 9.28. The van der Waals surface area contributed by atoms with Gasteiger partial charge in [-0.3, -0.25) is 4.79 Å². The van der Waals surface area contributed by atoms with Crippen LogP contribution in [0, 0.1) is 0 Å². The molecule has 0 aliphatic heterocycles. The molecular formula is C22H19BrN4O3. The SMILES string of the molecule is COc1ccc(CC(=O)n2nc(-c3ccco3)nc2NCc2cccc(Br)c2)cc1. The number of hydrogen-bond donors (Lipinski definition) is 1. The molecule has 2 aromatic carbocycles. The van der Waals surface area contributed by atoms with E-state index >= 15 is 0 Å². The quantitative estimate of drug-likeness (QED) is 0.421. The lowest BCUT2D eigenvalue weighted by molar-refractivity contribution is 0.0901. The van der Waals surface area contributed by atoms with Gasteiger partial charge in [-0.1, -0.05) is 40.2 Å². The van der Waals surface area contributed by atoms with Crippen molar-refractivity contribution in [2.24, 2.45) is 0 Å². The number of carbonyl (C=O) groups excluding carboxylic acids is 1. The van der Waals surface area contributed by atoms with Gasteiger partial charge in [-0.2, -0.15) is 9.67 Å². The van der Waals surface area contributed by atoms with Gasteiger partial charge in [0, 0.05) is 11.0 Å². The Morgan fingerprint density at radius 2 is 1.97 bits per heavy atom. The van der Waals surface area contributed by atoms with Crippen molar-refractivity contribution in [1.29, 1.82) is 0 Å². The van der Waals surface area contributed by atoms with Gasteiger partial charge in [0.2, 0.25) is 11.8 Å². The van der Waals surface area contributed by atoms with Gasteiger partial charge in [-0.05, 0) is 47.5 Å². The Bertz CT molecular complexity index is 1140. The number of furan rings is 1. The van der Waals surface area contributed by atoms with Crippen LogP contribution in [0.15, 0.2) is 75.8 Å². The average Bonchev–Trinajstić information content (AvgIpc) is 3.43. The van der Waals surface area contributed by atoms with Crippen LogP contribution >= 0.6 is 15.9 Å². The summed E-state index contributed by atoms with van der Waals surface area (Å²) in [6.45, 7) is 0.492. The first kappa shape index (κ1) is 19.9. The van der Waals surface area contributed by atoms with E-state index in [2.05, 4.69) is 31.3 Å². The molecule has 0 saturated heterocycles. The van der Waals surface area contributed by atoms with Crippen LogP contribution in [-0.2, 0) is 13.0 Å². The molecule has 0 unspecified atom stereocenters. The predicted octanol–water partition coefficient (Wildman–Crippen LogP) is 4.80. The van der Waals surface area contributed by atoms with Crippen LogP contribution in [0.4, 0.5) is 5.95 Å². The highest BCUT2D eigenvalue weighted by Crippen LogP contribution is 2.20. The lowest BCUT2D eigenvalue weighted by atomic mass is 10.1. The highest BCUT2D eigenvalue weighted by Gasteiger charge is 2.19. The number of halogens is 1. The molecule has 30 heavy (non-hydrogen) atoms. The van der Waals surface area contributed by atoms with E-state index in [4.69, 9.17) is 9.15 Å². The third-order valence-corrected chi connectivity index (χ3v) is 4.93. The summed E-state index contributed by atoms with van der Waals surface area (Å²) in [6.07, 6.45) is 1.72. The third kappa shape index (κ3) is 4.60. The minimum Gasteiger partial charge on any atom is -0.497 e. The Labute approximate surface area is 181 Å². The lowest BCUT2D eigenvalue weighted by Gasteiger charge is -2.08. The van der Waals surface area contributed by atoms with Gasteiger partial charge >= 0.3 is 0 Å². The van der Waals surface area contributed by atoms with E-state index in [-0.39, 0.29) is 12.3 Å². The van der Waals surface area contributed by atoms with Crippen molar-refractivity contribution in [2.45, 2.75) is 13.0 Å². The van der Waals surface area contributed by atoms with E-state index in [9.17, 15) is 4.79 Å². The van der Waals surface area contributed by atoms with E-state index in [1.807, 2.05) is 48.5 Å². The molecule has 0 saturated carbocycles. The van der Waals surface area contributed by atoms with Gasteiger partial charge in [0.15, 0.2) is 5.76 Å². The third-order valence-electron chi connectivity index (χ3n) is 4.44. The molecule has 0 fully saturated rings. The summed E-state index contributed by atoms with van der Waals surface area (Å²) < 4.78 is 12.8. The van der Waals surface area contributed by atoms with Crippen molar-refractivity contribution in [3.05, 3.63) is 82.5 Å². The van der Waals surface area contributed by atoms with Crippen LogP contribution in [-0.4, -0.2) is 27.8 Å². The second kappa shape index (κ2) is 8.96. The van der Waals surface area contributed by atoms with Crippen molar-refractivity contribution < 1.29 is 13.9 Å². The Hall–Kier alpha value is -3.39. The molecule has 4 aromatic rings. The lowest BCUT2D eigenvalue weighted by Crippen LogP contribution is -2.18. The van der Waals surface area contributed by atoms with Gasteiger partial charge in [0.05, 0.1) is 19.8 Å². The van der Waals surface area contributed by atoms with Gasteiger partial charge in [-0.25, -0.2) is 0 Å². The number of aromatic nitrogens is 3. The minimum absolute atomic E-state index is 0.177. The zero-order chi connectivity index (χ0) is 20.9. The van der Waals surface area contributed by atoms with Crippen LogP contribution < -0.4 is 10.1 Å². The average molecular weight is 467 g/mol. The first-order valence-corrected chi connectivity index (χ1v) is 10.1.